The lowest BCUT2D eigenvalue weighted by Gasteiger charge is -2.34. The monoisotopic (exact) mass is 552 g/mol. The number of rotatable bonds is 7. The molecule has 0 unspecified atom stereocenters. The van der Waals surface area contributed by atoms with E-state index in [1.807, 2.05) is 24.3 Å². The van der Waals surface area contributed by atoms with Crippen LogP contribution in [0.4, 0.5) is 0 Å². The molecule has 0 saturated carbocycles. The van der Waals surface area contributed by atoms with E-state index in [1.54, 1.807) is 12.1 Å². The maximum Gasteiger partial charge on any atom is 0.287 e. The predicted octanol–water partition coefficient (Wildman–Crippen LogP) is 4.33. The van der Waals surface area contributed by atoms with Crippen LogP contribution >= 0.6 is 27.5 Å². The zero-order valence-electron chi connectivity index (χ0n) is 17.5. The van der Waals surface area contributed by atoms with Crippen LogP contribution in [-0.2, 0) is 14.6 Å². The van der Waals surface area contributed by atoms with Crippen molar-refractivity contribution in [2.24, 2.45) is 0 Å². The average molecular weight is 554 g/mol. The zero-order valence-corrected chi connectivity index (χ0v) is 20.7. The van der Waals surface area contributed by atoms with Gasteiger partial charge in [0.2, 0.25) is 14.9 Å². The largest absolute Gasteiger partial charge is 0.439 e. The summed E-state index contributed by atoms with van der Waals surface area (Å²) in [5, 5.41) is 3.23. The molecule has 33 heavy (non-hydrogen) atoms. The number of carbonyl (C=O) groups is 1. The lowest BCUT2D eigenvalue weighted by Crippen LogP contribution is -2.43. The van der Waals surface area contributed by atoms with Crippen molar-refractivity contribution in [2.75, 3.05) is 32.8 Å². The van der Waals surface area contributed by atoms with Crippen molar-refractivity contribution < 1.29 is 22.4 Å². The van der Waals surface area contributed by atoms with Gasteiger partial charge in [-0.15, -0.1) is 0 Å². The second-order valence-electron chi connectivity index (χ2n) is 7.50. The summed E-state index contributed by atoms with van der Waals surface area (Å²) in [6.07, 6.45) is 0. The molecule has 0 radical (unpaired) electrons. The molecule has 0 aliphatic carbocycles. The Hall–Kier alpha value is -2.17. The summed E-state index contributed by atoms with van der Waals surface area (Å²) in [4.78, 5) is 15.1. The van der Waals surface area contributed by atoms with Gasteiger partial charge < -0.3 is 14.5 Å². The van der Waals surface area contributed by atoms with Gasteiger partial charge in [-0.25, -0.2) is 8.42 Å². The molecule has 10 heteroatoms. The fourth-order valence-corrected chi connectivity index (χ4v) is 5.19. The van der Waals surface area contributed by atoms with Gasteiger partial charge in [-0.05, 0) is 54.1 Å². The van der Waals surface area contributed by atoms with Gasteiger partial charge in [-0.1, -0.05) is 39.7 Å². The first kappa shape index (κ1) is 24.0. The van der Waals surface area contributed by atoms with Crippen molar-refractivity contribution in [3.05, 3.63) is 81.5 Å². The highest BCUT2D eigenvalue weighted by Gasteiger charge is 2.26. The molecule has 4 rings (SSSR count). The Bertz CT molecular complexity index is 1210. The molecule has 7 nitrogen and oxygen atoms in total. The average Bonchev–Trinajstić information content (AvgIpc) is 3.33. The van der Waals surface area contributed by atoms with E-state index in [4.69, 9.17) is 20.8 Å². The lowest BCUT2D eigenvalue weighted by molar-refractivity contribution is 0.0161. The minimum atomic E-state index is -3.87. The third-order valence-electron chi connectivity index (χ3n) is 5.39. The van der Waals surface area contributed by atoms with Crippen molar-refractivity contribution in [1.29, 1.82) is 0 Å². The van der Waals surface area contributed by atoms with Gasteiger partial charge in [-0.3, -0.25) is 9.69 Å². The Labute approximate surface area is 205 Å². The van der Waals surface area contributed by atoms with Gasteiger partial charge in [0.1, 0.15) is 0 Å². The summed E-state index contributed by atoms with van der Waals surface area (Å²) in [6.45, 7) is 3.02. The van der Waals surface area contributed by atoms with E-state index in [0.717, 1.165) is 23.1 Å². The van der Waals surface area contributed by atoms with Crippen LogP contribution in [0.3, 0.4) is 0 Å². The Kier molecular flexibility index (Phi) is 7.55. The molecule has 1 amide bonds. The first-order chi connectivity index (χ1) is 15.8. The SMILES string of the molecule is O=C(NC[C@H](c1ccc(Cl)cc1)N1CCOCC1)c1ccc(S(=O)(=O)c2ccc(Br)cc2)o1. The number of morpholine rings is 1. The van der Waals surface area contributed by atoms with Gasteiger partial charge in [-0.2, -0.15) is 0 Å². The maximum atomic E-state index is 12.8. The van der Waals surface area contributed by atoms with Gasteiger partial charge in [0, 0.05) is 29.1 Å². The second kappa shape index (κ2) is 10.4. The summed E-state index contributed by atoms with van der Waals surface area (Å²) >= 11 is 9.31. The number of hydrogen-bond acceptors (Lipinski definition) is 6. The van der Waals surface area contributed by atoms with Crippen LogP contribution in [0.15, 0.2) is 79.5 Å². The van der Waals surface area contributed by atoms with E-state index in [9.17, 15) is 13.2 Å². The molecule has 0 bridgehead atoms. The van der Waals surface area contributed by atoms with Crippen LogP contribution in [0.1, 0.15) is 22.2 Å². The third-order valence-corrected chi connectivity index (χ3v) is 7.81. The first-order valence-corrected chi connectivity index (χ1v) is 13.0. The molecule has 0 spiro atoms. The second-order valence-corrected chi connectivity index (χ2v) is 10.7. The quantitative estimate of drug-likeness (QED) is 0.469. The highest BCUT2D eigenvalue weighted by atomic mass is 79.9. The van der Waals surface area contributed by atoms with Crippen molar-refractivity contribution >= 4 is 43.3 Å². The van der Waals surface area contributed by atoms with E-state index >= 15 is 0 Å². The van der Waals surface area contributed by atoms with E-state index < -0.39 is 15.7 Å². The molecule has 1 atom stereocenters. The van der Waals surface area contributed by atoms with E-state index in [-0.39, 0.29) is 21.8 Å². The van der Waals surface area contributed by atoms with E-state index in [2.05, 4.69) is 26.1 Å². The fourth-order valence-electron chi connectivity index (χ4n) is 3.62. The topological polar surface area (TPSA) is 88.9 Å². The summed E-state index contributed by atoms with van der Waals surface area (Å²) in [6, 6.07) is 16.3. The summed E-state index contributed by atoms with van der Waals surface area (Å²) in [5.41, 5.74) is 1.01. The highest BCUT2D eigenvalue weighted by molar-refractivity contribution is 9.10. The van der Waals surface area contributed by atoms with Crippen LogP contribution in [0.5, 0.6) is 0 Å². The first-order valence-electron chi connectivity index (χ1n) is 10.3. The Morgan fingerprint density at radius 3 is 2.36 bits per heavy atom. The molecule has 3 aromatic rings. The number of halogens is 2. The normalized spacial score (nSPS) is 15.8. The number of ether oxygens (including phenoxy) is 1. The number of amides is 1. The molecule has 1 fully saturated rings. The molecule has 1 saturated heterocycles. The minimum Gasteiger partial charge on any atom is -0.439 e. The molecule has 2 heterocycles. The number of furan rings is 1. The number of nitrogens with one attached hydrogen (secondary N) is 1. The maximum absolute atomic E-state index is 12.8. The van der Waals surface area contributed by atoms with Crippen LogP contribution in [0.25, 0.3) is 0 Å². The van der Waals surface area contributed by atoms with Crippen molar-refractivity contribution in [3.8, 4) is 0 Å². The van der Waals surface area contributed by atoms with Crippen LogP contribution < -0.4 is 5.32 Å². The van der Waals surface area contributed by atoms with Crippen molar-refractivity contribution in [1.82, 2.24) is 10.2 Å². The van der Waals surface area contributed by atoms with Crippen LogP contribution in [-0.4, -0.2) is 52.1 Å². The van der Waals surface area contributed by atoms with Crippen molar-refractivity contribution in [2.45, 2.75) is 16.0 Å². The molecule has 1 N–H and O–H groups in total. The Balaban J connectivity index is 1.48. The molecule has 2 aromatic carbocycles. The number of sulfone groups is 1. The molecular weight excluding hydrogens is 532 g/mol. The predicted molar refractivity (Wildman–Crippen MR) is 127 cm³/mol. The van der Waals surface area contributed by atoms with E-state index in [0.29, 0.717) is 24.8 Å². The molecule has 1 aliphatic heterocycles. The fraction of sp³-hybridized carbons (Fsp3) is 0.261. The molecular formula is C23H22BrClN2O5S. The van der Waals surface area contributed by atoms with Gasteiger partial charge in [0.15, 0.2) is 5.76 Å². The number of nitrogens with zero attached hydrogens (tertiary/aromatic N) is 1. The summed E-state index contributed by atoms with van der Waals surface area (Å²) < 4.78 is 37.2. The standard InChI is InChI=1S/C23H22BrClN2O5S/c24-17-3-7-19(8-4-17)33(29,30)22-10-9-21(32-22)23(28)26-15-20(27-11-13-31-14-12-27)16-1-5-18(25)6-2-16/h1-10,20H,11-15H2,(H,26,28)/t20-/m1/s1. The molecule has 1 aromatic heterocycles. The summed E-state index contributed by atoms with van der Waals surface area (Å²) in [5.74, 6) is -0.554. The van der Waals surface area contributed by atoms with Gasteiger partial charge in [0.05, 0.1) is 24.2 Å². The smallest absolute Gasteiger partial charge is 0.287 e. The van der Waals surface area contributed by atoms with Gasteiger partial charge in [0.25, 0.3) is 5.91 Å². The van der Waals surface area contributed by atoms with Crippen LogP contribution in [0.2, 0.25) is 5.02 Å². The third kappa shape index (κ3) is 5.67. The zero-order chi connectivity index (χ0) is 23.4. The molecule has 174 valence electrons. The number of hydrogen-bond donors (Lipinski definition) is 1. The van der Waals surface area contributed by atoms with Crippen molar-refractivity contribution in [3.63, 3.8) is 0 Å². The van der Waals surface area contributed by atoms with Gasteiger partial charge >= 0.3 is 0 Å². The summed E-state index contributed by atoms with van der Waals surface area (Å²) in [7, 11) is -3.87. The lowest BCUT2D eigenvalue weighted by atomic mass is 10.0. The minimum absolute atomic E-state index is 0.0671. The van der Waals surface area contributed by atoms with E-state index in [1.165, 1.54) is 24.3 Å². The number of benzene rings is 2. The Morgan fingerprint density at radius 2 is 1.70 bits per heavy atom. The Morgan fingerprint density at radius 1 is 1.03 bits per heavy atom. The number of carbonyl (C=O) groups excluding carboxylic acids is 1. The van der Waals surface area contributed by atoms with Crippen LogP contribution in [0, 0.1) is 0 Å². The highest BCUT2D eigenvalue weighted by Crippen LogP contribution is 2.26. The molecule has 1 aliphatic rings.